The monoisotopic (exact) mass is 250 g/mol. The highest BCUT2D eigenvalue weighted by atomic mass is 16.7. The third-order valence-electron chi connectivity index (χ3n) is 3.10. The van der Waals surface area contributed by atoms with Gasteiger partial charge < -0.3 is 25.3 Å². The van der Waals surface area contributed by atoms with E-state index >= 15 is 0 Å². The standard InChI is InChI=1S/C12H14N2O4/c13-9-5-16-4-8(9)12(15)14-7-1-2-10-11(3-7)18-6-17-10/h1-3,8-9H,4-6,13H2,(H,14,15). The van der Waals surface area contributed by atoms with E-state index in [-0.39, 0.29) is 24.7 Å². The Morgan fingerprint density at radius 2 is 2.11 bits per heavy atom. The lowest BCUT2D eigenvalue weighted by Gasteiger charge is -2.13. The summed E-state index contributed by atoms with van der Waals surface area (Å²) in [5, 5.41) is 2.81. The molecule has 2 aliphatic heterocycles. The first-order valence-electron chi connectivity index (χ1n) is 5.78. The number of ether oxygens (including phenoxy) is 3. The van der Waals surface area contributed by atoms with Crippen molar-refractivity contribution in [3.8, 4) is 11.5 Å². The molecule has 3 N–H and O–H groups in total. The Morgan fingerprint density at radius 1 is 1.28 bits per heavy atom. The number of nitrogens with two attached hydrogens (primary N) is 1. The van der Waals surface area contributed by atoms with Gasteiger partial charge >= 0.3 is 0 Å². The van der Waals surface area contributed by atoms with E-state index in [2.05, 4.69) is 5.32 Å². The quantitative estimate of drug-likeness (QED) is 0.790. The summed E-state index contributed by atoms with van der Waals surface area (Å²) in [5.41, 5.74) is 6.46. The van der Waals surface area contributed by atoms with Gasteiger partial charge in [-0.1, -0.05) is 0 Å². The third kappa shape index (κ3) is 2.00. The van der Waals surface area contributed by atoms with Gasteiger partial charge in [0.05, 0.1) is 19.1 Å². The van der Waals surface area contributed by atoms with Crippen molar-refractivity contribution in [1.82, 2.24) is 0 Å². The zero-order valence-electron chi connectivity index (χ0n) is 9.72. The van der Waals surface area contributed by atoms with Crippen molar-refractivity contribution in [2.45, 2.75) is 6.04 Å². The lowest BCUT2D eigenvalue weighted by molar-refractivity contribution is -0.120. The molecule has 0 bridgehead atoms. The summed E-state index contributed by atoms with van der Waals surface area (Å²) >= 11 is 0. The van der Waals surface area contributed by atoms with Crippen LogP contribution in [0.15, 0.2) is 18.2 Å². The van der Waals surface area contributed by atoms with Crippen LogP contribution in [0.5, 0.6) is 11.5 Å². The highest BCUT2D eigenvalue weighted by Gasteiger charge is 2.31. The van der Waals surface area contributed by atoms with E-state index in [1.807, 2.05) is 0 Å². The molecule has 1 fully saturated rings. The Balaban J connectivity index is 1.71. The fourth-order valence-corrected chi connectivity index (χ4v) is 2.05. The second kappa shape index (κ2) is 4.47. The van der Waals surface area contributed by atoms with Crippen molar-refractivity contribution in [2.75, 3.05) is 25.3 Å². The highest BCUT2D eigenvalue weighted by Crippen LogP contribution is 2.34. The molecular weight excluding hydrogens is 236 g/mol. The van der Waals surface area contributed by atoms with Crippen molar-refractivity contribution in [1.29, 1.82) is 0 Å². The molecule has 2 heterocycles. The number of anilines is 1. The average Bonchev–Trinajstić information content (AvgIpc) is 2.96. The first-order chi connectivity index (χ1) is 8.74. The van der Waals surface area contributed by atoms with E-state index < -0.39 is 0 Å². The van der Waals surface area contributed by atoms with E-state index in [1.165, 1.54) is 0 Å². The Hall–Kier alpha value is -1.79. The minimum Gasteiger partial charge on any atom is -0.454 e. The Bertz CT molecular complexity index is 477. The second-order valence-corrected chi connectivity index (χ2v) is 4.37. The van der Waals surface area contributed by atoms with Gasteiger partial charge in [-0.05, 0) is 12.1 Å². The summed E-state index contributed by atoms with van der Waals surface area (Å²) in [5.74, 6) is 0.906. The summed E-state index contributed by atoms with van der Waals surface area (Å²) in [6.07, 6.45) is 0. The van der Waals surface area contributed by atoms with Crippen LogP contribution in [-0.4, -0.2) is 32.0 Å². The van der Waals surface area contributed by atoms with Gasteiger partial charge in [0, 0.05) is 17.8 Å². The fraction of sp³-hybridized carbons (Fsp3) is 0.417. The molecule has 0 saturated carbocycles. The van der Waals surface area contributed by atoms with Gasteiger partial charge in [-0.3, -0.25) is 4.79 Å². The molecule has 0 aromatic heterocycles. The topological polar surface area (TPSA) is 82.8 Å². The molecule has 3 rings (SSSR count). The summed E-state index contributed by atoms with van der Waals surface area (Å²) in [6.45, 7) is 1.02. The van der Waals surface area contributed by atoms with Crippen molar-refractivity contribution >= 4 is 11.6 Å². The molecule has 96 valence electrons. The SMILES string of the molecule is NC1COCC1C(=O)Nc1ccc2c(c1)OCO2. The molecular formula is C12H14N2O4. The first-order valence-corrected chi connectivity index (χ1v) is 5.78. The number of fused-ring (bicyclic) bond motifs is 1. The summed E-state index contributed by atoms with van der Waals surface area (Å²) in [4.78, 5) is 12.0. The molecule has 6 heteroatoms. The number of rotatable bonds is 2. The van der Waals surface area contributed by atoms with Gasteiger partial charge in [0.2, 0.25) is 12.7 Å². The highest BCUT2D eigenvalue weighted by molar-refractivity contribution is 5.93. The van der Waals surface area contributed by atoms with Crippen LogP contribution >= 0.6 is 0 Å². The fourth-order valence-electron chi connectivity index (χ4n) is 2.05. The van der Waals surface area contributed by atoms with Gasteiger partial charge in [0.15, 0.2) is 11.5 Å². The van der Waals surface area contributed by atoms with Crippen molar-refractivity contribution in [3.63, 3.8) is 0 Å². The van der Waals surface area contributed by atoms with E-state index in [4.69, 9.17) is 19.9 Å². The lowest BCUT2D eigenvalue weighted by atomic mass is 10.0. The summed E-state index contributed by atoms with van der Waals surface area (Å²) < 4.78 is 15.6. The Kier molecular flexibility index (Phi) is 2.81. The smallest absolute Gasteiger partial charge is 0.231 e. The third-order valence-corrected chi connectivity index (χ3v) is 3.10. The number of hydrogen-bond donors (Lipinski definition) is 2. The van der Waals surface area contributed by atoms with Crippen molar-refractivity contribution in [3.05, 3.63) is 18.2 Å². The number of nitrogens with one attached hydrogen (secondary N) is 1. The minimum absolute atomic E-state index is 0.126. The minimum atomic E-state index is -0.296. The number of hydrogen-bond acceptors (Lipinski definition) is 5. The zero-order valence-corrected chi connectivity index (χ0v) is 9.72. The molecule has 2 aliphatic rings. The van der Waals surface area contributed by atoms with Gasteiger partial charge in [-0.2, -0.15) is 0 Å². The molecule has 1 aromatic carbocycles. The van der Waals surface area contributed by atoms with E-state index in [9.17, 15) is 4.79 Å². The second-order valence-electron chi connectivity index (χ2n) is 4.37. The van der Waals surface area contributed by atoms with Crippen molar-refractivity contribution in [2.24, 2.45) is 11.7 Å². The van der Waals surface area contributed by atoms with E-state index in [0.29, 0.717) is 30.4 Å². The summed E-state index contributed by atoms with van der Waals surface area (Å²) in [7, 11) is 0. The van der Waals surface area contributed by atoms with Gasteiger partial charge in [-0.15, -0.1) is 0 Å². The molecule has 1 aromatic rings. The van der Waals surface area contributed by atoms with Crippen LogP contribution in [0.1, 0.15) is 0 Å². The van der Waals surface area contributed by atoms with Crippen LogP contribution in [0, 0.1) is 5.92 Å². The van der Waals surface area contributed by atoms with E-state index in [0.717, 1.165) is 0 Å². The van der Waals surface area contributed by atoms with Crippen LogP contribution in [0.4, 0.5) is 5.69 Å². The zero-order chi connectivity index (χ0) is 12.5. The molecule has 2 unspecified atom stereocenters. The van der Waals surface area contributed by atoms with Gasteiger partial charge in [0.25, 0.3) is 0 Å². The molecule has 18 heavy (non-hydrogen) atoms. The van der Waals surface area contributed by atoms with E-state index in [1.54, 1.807) is 18.2 Å². The predicted molar refractivity (Wildman–Crippen MR) is 63.5 cm³/mol. The van der Waals surface area contributed by atoms with Crippen LogP contribution in [-0.2, 0) is 9.53 Å². The number of carbonyl (C=O) groups is 1. The summed E-state index contributed by atoms with van der Waals surface area (Å²) in [6, 6.07) is 5.04. The maximum Gasteiger partial charge on any atom is 0.231 e. The first kappa shape index (κ1) is 11.3. The Labute approximate surface area is 104 Å². The van der Waals surface area contributed by atoms with Crippen molar-refractivity contribution < 1.29 is 19.0 Å². The van der Waals surface area contributed by atoms with Gasteiger partial charge in [0.1, 0.15) is 0 Å². The molecule has 1 saturated heterocycles. The largest absolute Gasteiger partial charge is 0.454 e. The predicted octanol–water partition coefficient (Wildman–Crippen LogP) is 0.327. The molecule has 6 nitrogen and oxygen atoms in total. The van der Waals surface area contributed by atoms with Crippen LogP contribution in [0.2, 0.25) is 0 Å². The molecule has 2 atom stereocenters. The van der Waals surface area contributed by atoms with Crippen LogP contribution < -0.4 is 20.5 Å². The maximum absolute atomic E-state index is 12.0. The maximum atomic E-state index is 12.0. The molecule has 0 spiro atoms. The van der Waals surface area contributed by atoms with Gasteiger partial charge in [-0.25, -0.2) is 0 Å². The van der Waals surface area contributed by atoms with Crippen LogP contribution in [0.25, 0.3) is 0 Å². The molecule has 1 amide bonds. The Morgan fingerprint density at radius 3 is 2.89 bits per heavy atom. The molecule has 0 radical (unpaired) electrons. The lowest BCUT2D eigenvalue weighted by Crippen LogP contribution is -2.37. The number of carbonyl (C=O) groups excluding carboxylic acids is 1. The number of benzene rings is 1. The molecule has 0 aliphatic carbocycles. The normalized spacial score (nSPS) is 25.2. The van der Waals surface area contributed by atoms with Crippen LogP contribution in [0.3, 0.4) is 0 Å². The average molecular weight is 250 g/mol. The number of amides is 1.